The molecule has 3 heterocycles. The van der Waals surface area contributed by atoms with Crippen LogP contribution in [0.2, 0.25) is 0 Å². The molecule has 0 bridgehead atoms. The van der Waals surface area contributed by atoms with Gasteiger partial charge in [0.05, 0.1) is 23.9 Å². The summed E-state index contributed by atoms with van der Waals surface area (Å²) in [5.74, 6) is 0.816. The van der Waals surface area contributed by atoms with Crippen LogP contribution in [0.3, 0.4) is 0 Å². The Labute approximate surface area is 186 Å². The van der Waals surface area contributed by atoms with Crippen molar-refractivity contribution in [2.75, 3.05) is 27.3 Å². The molecule has 2 atom stereocenters. The second-order valence-corrected chi connectivity index (χ2v) is 9.05. The van der Waals surface area contributed by atoms with Gasteiger partial charge in [0, 0.05) is 26.7 Å². The summed E-state index contributed by atoms with van der Waals surface area (Å²) >= 11 is 1.44. The van der Waals surface area contributed by atoms with E-state index in [1.807, 2.05) is 47.9 Å². The molecule has 4 rings (SSSR count). The Morgan fingerprint density at radius 1 is 1.23 bits per heavy atom. The Morgan fingerprint density at radius 2 is 1.97 bits per heavy atom. The lowest BCUT2D eigenvalue weighted by molar-refractivity contribution is -0.168. The molecular weight excluding hydrogens is 414 g/mol. The number of carbonyl (C=O) groups is 2. The number of rotatable bonds is 6. The van der Waals surface area contributed by atoms with Crippen molar-refractivity contribution in [2.45, 2.75) is 39.0 Å². The fraction of sp³-hybridized carbons (Fsp3) is 0.435. The molecule has 8 heteroatoms. The van der Waals surface area contributed by atoms with Crippen LogP contribution in [-0.2, 0) is 16.1 Å². The predicted molar refractivity (Wildman–Crippen MR) is 118 cm³/mol. The molecule has 1 fully saturated rings. The third kappa shape index (κ3) is 4.09. The van der Waals surface area contributed by atoms with Crippen LogP contribution in [0.4, 0.5) is 0 Å². The number of aromatic nitrogens is 1. The molecule has 1 aromatic carbocycles. The third-order valence-electron chi connectivity index (χ3n) is 5.92. The number of likely N-dealkylation sites (tertiary alicyclic amines) is 1. The van der Waals surface area contributed by atoms with Crippen molar-refractivity contribution in [1.29, 1.82) is 0 Å². The van der Waals surface area contributed by atoms with Crippen LogP contribution in [-0.4, -0.2) is 66.1 Å². The van der Waals surface area contributed by atoms with Crippen LogP contribution < -0.4 is 4.74 Å². The summed E-state index contributed by atoms with van der Waals surface area (Å²) in [7, 11) is 3.21. The highest BCUT2D eigenvalue weighted by atomic mass is 32.1. The molecular formula is C23H27N3O4S. The van der Waals surface area contributed by atoms with Crippen LogP contribution in [0.25, 0.3) is 0 Å². The number of β-lactam (4-membered cyclic amide) rings is 1. The zero-order valence-electron chi connectivity index (χ0n) is 18.3. The molecule has 0 radical (unpaired) electrons. The molecule has 2 aromatic rings. The molecule has 0 N–H and O–H groups in total. The number of thiazole rings is 1. The Hall–Kier alpha value is -2.71. The van der Waals surface area contributed by atoms with Crippen LogP contribution in [0.15, 0.2) is 35.9 Å². The number of carbonyl (C=O) groups excluding carboxylic acids is 2. The summed E-state index contributed by atoms with van der Waals surface area (Å²) in [6.45, 7) is 5.47. The molecule has 7 nitrogen and oxygen atoms in total. The highest BCUT2D eigenvalue weighted by Gasteiger charge is 2.49. The largest absolute Gasteiger partial charge is 0.497 e. The van der Waals surface area contributed by atoms with Gasteiger partial charge in [-0.05, 0) is 43.5 Å². The zero-order valence-corrected chi connectivity index (χ0v) is 19.1. The Kier molecular flexibility index (Phi) is 6.11. The Balaban J connectivity index is 1.47. The van der Waals surface area contributed by atoms with E-state index in [0.717, 1.165) is 34.0 Å². The fourth-order valence-electron chi connectivity index (χ4n) is 4.26. The lowest BCUT2D eigenvalue weighted by Crippen LogP contribution is -2.66. The molecule has 0 saturated carbocycles. The van der Waals surface area contributed by atoms with E-state index in [9.17, 15) is 9.59 Å². The minimum atomic E-state index is -0.460. The van der Waals surface area contributed by atoms with Crippen molar-refractivity contribution < 1.29 is 19.1 Å². The van der Waals surface area contributed by atoms with E-state index in [1.165, 1.54) is 11.3 Å². The predicted octanol–water partition coefficient (Wildman–Crippen LogP) is 2.97. The van der Waals surface area contributed by atoms with Gasteiger partial charge in [0.15, 0.2) is 6.10 Å². The summed E-state index contributed by atoms with van der Waals surface area (Å²) in [4.78, 5) is 34.3. The van der Waals surface area contributed by atoms with Crippen molar-refractivity contribution in [2.24, 2.45) is 0 Å². The second-order valence-electron chi connectivity index (χ2n) is 7.84. The second kappa shape index (κ2) is 8.80. The van der Waals surface area contributed by atoms with Gasteiger partial charge in [0.25, 0.3) is 11.8 Å². The smallest absolute Gasteiger partial charge is 0.266 e. The summed E-state index contributed by atoms with van der Waals surface area (Å²) in [6.07, 6.45) is 2.34. The van der Waals surface area contributed by atoms with Gasteiger partial charge in [-0.2, -0.15) is 0 Å². The van der Waals surface area contributed by atoms with Crippen molar-refractivity contribution >= 4 is 23.2 Å². The molecule has 1 saturated heterocycles. The molecule has 0 aliphatic carbocycles. The normalized spacial score (nSPS) is 21.0. The number of aryl methyl sites for hydroxylation is 2. The maximum Gasteiger partial charge on any atom is 0.266 e. The van der Waals surface area contributed by atoms with E-state index in [2.05, 4.69) is 11.1 Å². The number of benzene rings is 1. The highest BCUT2D eigenvalue weighted by molar-refractivity contribution is 7.13. The van der Waals surface area contributed by atoms with Crippen LogP contribution in [0.5, 0.6) is 5.75 Å². The summed E-state index contributed by atoms with van der Waals surface area (Å²) in [5, 5.41) is 0.902. The number of nitrogens with zero attached hydrogens (tertiary/aromatic N) is 3. The zero-order chi connectivity index (χ0) is 22.1. The van der Waals surface area contributed by atoms with Gasteiger partial charge in [-0.15, -0.1) is 11.3 Å². The van der Waals surface area contributed by atoms with E-state index in [4.69, 9.17) is 9.47 Å². The van der Waals surface area contributed by atoms with Gasteiger partial charge in [-0.25, -0.2) is 4.98 Å². The van der Waals surface area contributed by atoms with Gasteiger partial charge in [0.2, 0.25) is 0 Å². The monoisotopic (exact) mass is 441 g/mol. The van der Waals surface area contributed by atoms with Crippen molar-refractivity contribution in [3.63, 3.8) is 0 Å². The van der Waals surface area contributed by atoms with Crippen molar-refractivity contribution in [3.8, 4) is 5.75 Å². The van der Waals surface area contributed by atoms with Gasteiger partial charge >= 0.3 is 0 Å². The minimum absolute atomic E-state index is 0.00140. The van der Waals surface area contributed by atoms with E-state index in [1.54, 1.807) is 14.2 Å². The lowest BCUT2D eigenvalue weighted by Gasteiger charge is -2.48. The molecule has 2 aliphatic heterocycles. The first-order valence-corrected chi connectivity index (χ1v) is 11.1. The average molecular weight is 442 g/mol. The Bertz CT molecular complexity index is 1010. The number of methoxy groups -OCH3 is 2. The third-order valence-corrected chi connectivity index (χ3v) is 6.98. The number of hydrogen-bond donors (Lipinski definition) is 0. The van der Waals surface area contributed by atoms with E-state index < -0.39 is 6.10 Å². The molecule has 2 aliphatic rings. The SMILES string of the molecule is COc1ccc(CN2C(=O)C(OC)C2C2=CCN(C(=O)c3sc(C)nc3C)CC2)cc1. The van der Waals surface area contributed by atoms with Gasteiger partial charge in [-0.3, -0.25) is 9.59 Å². The Morgan fingerprint density at radius 3 is 2.52 bits per heavy atom. The standard InChI is InChI=1S/C23H27N3O4S/c1-14-21(31-15(2)24-14)23(28)25-11-9-17(10-12-25)19-20(30-4)22(27)26(19)13-16-5-7-18(29-3)8-6-16/h5-9,19-20H,10-13H2,1-4H3. The van der Waals surface area contributed by atoms with E-state index >= 15 is 0 Å². The van der Waals surface area contributed by atoms with Crippen LogP contribution in [0.1, 0.15) is 32.4 Å². The summed E-state index contributed by atoms with van der Waals surface area (Å²) in [6, 6.07) is 7.64. The quantitative estimate of drug-likeness (QED) is 0.509. The average Bonchev–Trinajstić information content (AvgIpc) is 3.13. The van der Waals surface area contributed by atoms with Crippen LogP contribution >= 0.6 is 11.3 Å². The number of ether oxygens (including phenoxy) is 2. The lowest BCUT2D eigenvalue weighted by atomic mass is 9.86. The first-order valence-electron chi connectivity index (χ1n) is 10.3. The first-order chi connectivity index (χ1) is 14.9. The fourth-order valence-corrected chi connectivity index (χ4v) is 5.14. The highest BCUT2D eigenvalue weighted by Crippen LogP contribution is 2.34. The van der Waals surface area contributed by atoms with E-state index in [0.29, 0.717) is 24.5 Å². The van der Waals surface area contributed by atoms with E-state index in [-0.39, 0.29) is 17.9 Å². The summed E-state index contributed by atoms with van der Waals surface area (Å²) in [5.41, 5.74) is 2.98. The molecule has 2 unspecified atom stereocenters. The summed E-state index contributed by atoms with van der Waals surface area (Å²) < 4.78 is 10.7. The van der Waals surface area contributed by atoms with Crippen LogP contribution in [0, 0.1) is 13.8 Å². The number of hydrogen-bond acceptors (Lipinski definition) is 6. The minimum Gasteiger partial charge on any atom is -0.497 e. The van der Waals surface area contributed by atoms with Gasteiger partial charge in [0.1, 0.15) is 10.6 Å². The van der Waals surface area contributed by atoms with Crippen molar-refractivity contribution in [1.82, 2.24) is 14.8 Å². The molecule has 0 spiro atoms. The first kappa shape index (κ1) is 21.5. The molecule has 31 heavy (non-hydrogen) atoms. The number of amides is 2. The van der Waals surface area contributed by atoms with Gasteiger partial charge in [-0.1, -0.05) is 18.2 Å². The van der Waals surface area contributed by atoms with Crippen molar-refractivity contribution in [3.05, 3.63) is 57.1 Å². The topological polar surface area (TPSA) is 72.0 Å². The maximum atomic E-state index is 12.9. The molecule has 1 aromatic heterocycles. The molecule has 164 valence electrons. The maximum absolute atomic E-state index is 12.9. The molecule has 2 amide bonds. The van der Waals surface area contributed by atoms with Gasteiger partial charge < -0.3 is 19.3 Å².